The molecule has 2 nitrogen and oxygen atoms in total. The SMILES string of the molecule is Fc1cnc(NC2CCSC2)c(F)c1. The molecule has 1 aliphatic heterocycles. The summed E-state index contributed by atoms with van der Waals surface area (Å²) in [5, 5.41) is 2.96. The predicted octanol–water partition coefficient (Wildman–Crippen LogP) is 2.28. The molecule has 2 heterocycles. The van der Waals surface area contributed by atoms with Crippen molar-refractivity contribution in [3.05, 3.63) is 23.9 Å². The largest absolute Gasteiger partial charge is 0.364 e. The first-order valence-corrected chi connectivity index (χ1v) is 5.56. The monoisotopic (exact) mass is 216 g/mol. The van der Waals surface area contributed by atoms with Gasteiger partial charge in [-0.2, -0.15) is 11.8 Å². The van der Waals surface area contributed by atoms with Crippen molar-refractivity contribution >= 4 is 17.6 Å². The predicted molar refractivity (Wildman–Crippen MR) is 53.5 cm³/mol. The molecule has 1 saturated heterocycles. The van der Waals surface area contributed by atoms with Crippen molar-refractivity contribution in [3.8, 4) is 0 Å². The van der Waals surface area contributed by atoms with Gasteiger partial charge in [-0.05, 0) is 12.2 Å². The third kappa shape index (κ3) is 2.15. The van der Waals surface area contributed by atoms with Crippen molar-refractivity contribution in [2.45, 2.75) is 12.5 Å². The highest BCUT2D eigenvalue weighted by Gasteiger charge is 2.17. The standard InChI is InChI=1S/C9H10F2N2S/c10-6-3-8(11)9(12-4-6)13-7-1-2-14-5-7/h3-4,7H,1-2,5H2,(H,12,13). The van der Waals surface area contributed by atoms with Crippen molar-refractivity contribution in [1.29, 1.82) is 0 Å². The Morgan fingerprint density at radius 3 is 3.00 bits per heavy atom. The van der Waals surface area contributed by atoms with E-state index in [1.807, 2.05) is 11.8 Å². The molecule has 14 heavy (non-hydrogen) atoms. The van der Waals surface area contributed by atoms with Crippen molar-refractivity contribution in [2.24, 2.45) is 0 Å². The number of nitrogens with zero attached hydrogens (tertiary/aromatic N) is 1. The molecule has 1 fully saturated rings. The van der Waals surface area contributed by atoms with Crippen LogP contribution in [0, 0.1) is 11.6 Å². The Labute approximate surface area is 85.1 Å². The van der Waals surface area contributed by atoms with Crippen LogP contribution in [0.15, 0.2) is 12.3 Å². The lowest BCUT2D eigenvalue weighted by Crippen LogP contribution is -2.19. The van der Waals surface area contributed by atoms with Gasteiger partial charge in [0, 0.05) is 17.9 Å². The van der Waals surface area contributed by atoms with E-state index in [1.165, 1.54) is 0 Å². The van der Waals surface area contributed by atoms with Crippen LogP contribution < -0.4 is 5.32 Å². The highest BCUT2D eigenvalue weighted by molar-refractivity contribution is 7.99. The van der Waals surface area contributed by atoms with Crippen LogP contribution in [0.3, 0.4) is 0 Å². The molecule has 0 aromatic carbocycles. The first kappa shape index (κ1) is 9.71. The fraction of sp³-hybridized carbons (Fsp3) is 0.444. The molecule has 76 valence electrons. The molecule has 0 radical (unpaired) electrons. The molecule has 1 aromatic heterocycles. The molecule has 1 atom stereocenters. The van der Waals surface area contributed by atoms with Crippen molar-refractivity contribution in [2.75, 3.05) is 16.8 Å². The zero-order valence-electron chi connectivity index (χ0n) is 7.46. The van der Waals surface area contributed by atoms with E-state index in [1.54, 1.807) is 0 Å². The van der Waals surface area contributed by atoms with Crippen molar-refractivity contribution in [1.82, 2.24) is 4.98 Å². The van der Waals surface area contributed by atoms with Gasteiger partial charge in [0.25, 0.3) is 0 Å². The molecule has 0 aliphatic carbocycles. The molecule has 0 bridgehead atoms. The van der Waals surface area contributed by atoms with Crippen LogP contribution in [0.4, 0.5) is 14.6 Å². The molecule has 1 aromatic rings. The van der Waals surface area contributed by atoms with E-state index in [4.69, 9.17) is 0 Å². The van der Waals surface area contributed by atoms with Crippen LogP contribution in [-0.2, 0) is 0 Å². The van der Waals surface area contributed by atoms with Gasteiger partial charge in [0.2, 0.25) is 0 Å². The van der Waals surface area contributed by atoms with Crippen LogP contribution in [0.1, 0.15) is 6.42 Å². The summed E-state index contributed by atoms with van der Waals surface area (Å²) >= 11 is 1.82. The number of anilines is 1. The average Bonchev–Trinajstić information content (AvgIpc) is 2.62. The van der Waals surface area contributed by atoms with Crippen LogP contribution >= 0.6 is 11.8 Å². The molecule has 1 aliphatic rings. The summed E-state index contributed by atoms with van der Waals surface area (Å²) in [6.45, 7) is 0. The quantitative estimate of drug-likeness (QED) is 0.821. The van der Waals surface area contributed by atoms with Crippen LogP contribution in [0.2, 0.25) is 0 Å². The minimum atomic E-state index is -0.645. The number of rotatable bonds is 2. The van der Waals surface area contributed by atoms with Gasteiger partial charge >= 0.3 is 0 Å². The van der Waals surface area contributed by atoms with E-state index in [0.29, 0.717) is 0 Å². The van der Waals surface area contributed by atoms with Gasteiger partial charge in [0.05, 0.1) is 6.20 Å². The van der Waals surface area contributed by atoms with E-state index in [9.17, 15) is 8.78 Å². The lowest BCUT2D eigenvalue weighted by atomic mass is 10.2. The van der Waals surface area contributed by atoms with Gasteiger partial charge in [-0.25, -0.2) is 13.8 Å². The number of aromatic nitrogens is 1. The highest BCUT2D eigenvalue weighted by atomic mass is 32.2. The Kier molecular flexibility index (Phi) is 2.86. The summed E-state index contributed by atoms with van der Waals surface area (Å²) in [6.07, 6.45) is 2.02. The zero-order valence-corrected chi connectivity index (χ0v) is 8.28. The minimum Gasteiger partial charge on any atom is -0.364 e. The molecule has 1 N–H and O–H groups in total. The van der Waals surface area contributed by atoms with E-state index in [2.05, 4.69) is 10.3 Å². The molecule has 0 saturated carbocycles. The van der Waals surface area contributed by atoms with E-state index in [-0.39, 0.29) is 11.9 Å². The molecular weight excluding hydrogens is 206 g/mol. The Bertz CT molecular complexity index is 327. The average molecular weight is 216 g/mol. The maximum atomic E-state index is 13.1. The number of thioether (sulfide) groups is 1. The second-order valence-electron chi connectivity index (χ2n) is 3.19. The number of nitrogens with one attached hydrogen (secondary N) is 1. The lowest BCUT2D eigenvalue weighted by molar-refractivity contribution is 0.573. The summed E-state index contributed by atoms with van der Waals surface area (Å²) in [5.74, 6) is 0.925. The van der Waals surface area contributed by atoms with Crippen LogP contribution in [0.5, 0.6) is 0 Å². The fourth-order valence-electron chi connectivity index (χ4n) is 1.36. The molecule has 0 amide bonds. The summed E-state index contributed by atoms with van der Waals surface area (Å²) in [4.78, 5) is 3.67. The molecule has 2 rings (SSSR count). The second-order valence-corrected chi connectivity index (χ2v) is 4.34. The fourth-order valence-corrected chi connectivity index (χ4v) is 2.51. The number of hydrogen-bond donors (Lipinski definition) is 1. The smallest absolute Gasteiger partial charge is 0.168 e. The van der Waals surface area contributed by atoms with Crippen molar-refractivity contribution < 1.29 is 8.78 Å². The van der Waals surface area contributed by atoms with E-state index < -0.39 is 11.6 Å². The lowest BCUT2D eigenvalue weighted by Gasteiger charge is -2.11. The van der Waals surface area contributed by atoms with Gasteiger partial charge in [0.15, 0.2) is 11.6 Å². The maximum absolute atomic E-state index is 13.1. The Morgan fingerprint density at radius 2 is 2.36 bits per heavy atom. The zero-order chi connectivity index (χ0) is 9.97. The van der Waals surface area contributed by atoms with Gasteiger partial charge in [0.1, 0.15) is 5.82 Å². The molecular formula is C9H10F2N2S. The molecule has 5 heteroatoms. The first-order chi connectivity index (χ1) is 6.75. The van der Waals surface area contributed by atoms with Gasteiger partial charge in [-0.1, -0.05) is 0 Å². The van der Waals surface area contributed by atoms with Crippen molar-refractivity contribution in [3.63, 3.8) is 0 Å². The second kappa shape index (κ2) is 4.13. The number of pyridine rings is 1. The summed E-state index contributed by atoms with van der Waals surface area (Å²) in [7, 11) is 0. The number of hydrogen-bond acceptors (Lipinski definition) is 3. The number of halogens is 2. The Morgan fingerprint density at radius 1 is 1.50 bits per heavy atom. The van der Waals surface area contributed by atoms with Gasteiger partial charge < -0.3 is 5.32 Å². The van der Waals surface area contributed by atoms with Crippen LogP contribution in [0.25, 0.3) is 0 Å². The molecule has 0 spiro atoms. The topological polar surface area (TPSA) is 24.9 Å². The Balaban J connectivity index is 2.08. The third-order valence-electron chi connectivity index (χ3n) is 2.08. The highest BCUT2D eigenvalue weighted by Crippen LogP contribution is 2.21. The Hall–Kier alpha value is -0.840. The minimum absolute atomic E-state index is 0.152. The molecule has 1 unspecified atom stereocenters. The summed E-state index contributed by atoms with van der Waals surface area (Å²) in [5.41, 5.74) is 0. The van der Waals surface area contributed by atoms with E-state index in [0.717, 1.165) is 30.2 Å². The van der Waals surface area contributed by atoms with Gasteiger partial charge in [-0.15, -0.1) is 0 Å². The first-order valence-electron chi connectivity index (χ1n) is 4.41. The maximum Gasteiger partial charge on any atom is 0.168 e. The van der Waals surface area contributed by atoms with Gasteiger partial charge in [-0.3, -0.25) is 0 Å². The normalized spacial score (nSPS) is 21.1. The van der Waals surface area contributed by atoms with Crippen LogP contribution in [-0.4, -0.2) is 22.5 Å². The summed E-state index contributed by atoms with van der Waals surface area (Å²) < 4.78 is 25.7. The van der Waals surface area contributed by atoms with E-state index >= 15 is 0 Å². The summed E-state index contributed by atoms with van der Waals surface area (Å²) in [6, 6.07) is 1.10. The third-order valence-corrected chi connectivity index (χ3v) is 3.24.